The molecule has 29 heavy (non-hydrogen) atoms. The molecule has 2 amide bonds. The predicted octanol–water partition coefficient (Wildman–Crippen LogP) is 1.22. The molecule has 9 nitrogen and oxygen atoms in total. The number of hydrogen-bond donors (Lipinski definition) is 3. The van der Waals surface area contributed by atoms with Crippen LogP contribution in [0.2, 0.25) is 0 Å². The molecule has 1 aromatic heterocycles. The molecule has 156 valence electrons. The number of nitrogens with zero attached hydrogens (tertiary/aromatic N) is 3. The zero-order valence-corrected chi connectivity index (χ0v) is 18.9. The molecule has 1 saturated heterocycles. The summed E-state index contributed by atoms with van der Waals surface area (Å²) in [6.07, 6.45) is 0.631. The fourth-order valence-electron chi connectivity index (χ4n) is 2.79. The van der Waals surface area contributed by atoms with Crippen LogP contribution in [-0.2, 0) is 20.9 Å². The zero-order chi connectivity index (χ0) is 21.1. The number of thiocarbonyl (C=S) groups is 1. The fourth-order valence-corrected chi connectivity index (χ4v) is 6.23. The molecule has 1 unspecified atom stereocenters. The van der Waals surface area contributed by atoms with Gasteiger partial charge in [-0.15, -0.1) is 22.0 Å². The monoisotopic (exact) mass is 473 g/mol. The summed E-state index contributed by atoms with van der Waals surface area (Å²) in [5.74, 6) is -0.625. The number of carbonyl (C=O) groups is 3. The quantitative estimate of drug-likeness (QED) is 0.288. The lowest BCUT2D eigenvalue weighted by atomic mass is 10.0. The lowest BCUT2D eigenvalue weighted by Gasteiger charge is -2.49. The smallest absolute Gasteiger partial charge is 0.352 e. The van der Waals surface area contributed by atoms with Crippen LogP contribution in [0.5, 0.6) is 0 Å². The van der Waals surface area contributed by atoms with Gasteiger partial charge >= 0.3 is 5.97 Å². The molecule has 0 radical (unpaired) electrons. The van der Waals surface area contributed by atoms with Gasteiger partial charge < -0.3 is 15.7 Å². The largest absolute Gasteiger partial charge is 0.477 e. The standard InChI is InChI=1S/C16H19N5O4S4/c1-3-9(26)18-11-13(23)21-12(15(24)25)8(5-27-14(11)21)6-28-16-20-19-10(29-16)4-17-7(2)22/h11,14H,3-6H2,1-2H3,(H,17,22)(H,18,26)(H,24,25)/t11?,14-/m1/s1. The number of nitrogens with one attached hydrogen (secondary N) is 2. The second-order valence-electron chi connectivity index (χ2n) is 6.23. The highest BCUT2D eigenvalue weighted by Crippen LogP contribution is 2.41. The minimum Gasteiger partial charge on any atom is -0.477 e. The summed E-state index contributed by atoms with van der Waals surface area (Å²) in [7, 11) is 0. The highest BCUT2D eigenvalue weighted by molar-refractivity contribution is 8.01. The second-order valence-corrected chi connectivity index (χ2v) is 10.1. The summed E-state index contributed by atoms with van der Waals surface area (Å²) in [5.41, 5.74) is 0.724. The van der Waals surface area contributed by atoms with Crippen LogP contribution < -0.4 is 10.6 Å². The molecule has 1 aromatic rings. The average Bonchev–Trinajstić information content (AvgIpc) is 3.15. The van der Waals surface area contributed by atoms with Crippen LogP contribution in [0, 0.1) is 0 Å². The molecule has 2 aliphatic heterocycles. The van der Waals surface area contributed by atoms with Crippen LogP contribution in [0.1, 0.15) is 25.3 Å². The Balaban J connectivity index is 1.67. The van der Waals surface area contributed by atoms with Gasteiger partial charge in [-0.2, -0.15) is 0 Å². The van der Waals surface area contributed by atoms with Gasteiger partial charge in [0, 0.05) is 18.4 Å². The Labute approximate surface area is 185 Å². The first-order valence-electron chi connectivity index (χ1n) is 8.70. The first-order chi connectivity index (χ1) is 13.8. The van der Waals surface area contributed by atoms with E-state index in [0.717, 1.165) is 0 Å². The Kier molecular flexibility index (Phi) is 7.14. The van der Waals surface area contributed by atoms with Gasteiger partial charge in [0.25, 0.3) is 5.91 Å². The Morgan fingerprint density at radius 1 is 1.41 bits per heavy atom. The SMILES string of the molecule is CCC(=S)NC1C(=O)N2C(C(=O)O)=C(CSc3nnc(CNC(C)=O)s3)CS[C@H]12. The number of rotatable bonds is 8. The summed E-state index contributed by atoms with van der Waals surface area (Å²) >= 11 is 9.40. The fraction of sp³-hybridized carbons (Fsp3) is 0.500. The van der Waals surface area contributed by atoms with Crippen molar-refractivity contribution in [2.24, 2.45) is 0 Å². The van der Waals surface area contributed by atoms with Crippen LogP contribution >= 0.6 is 47.1 Å². The minimum absolute atomic E-state index is 0.0506. The minimum atomic E-state index is -1.11. The van der Waals surface area contributed by atoms with Gasteiger partial charge in [-0.1, -0.05) is 42.2 Å². The molecule has 3 rings (SSSR count). The summed E-state index contributed by atoms with van der Waals surface area (Å²) in [5, 5.41) is 23.9. The Morgan fingerprint density at radius 3 is 2.83 bits per heavy atom. The number of amides is 2. The third-order valence-electron chi connectivity index (χ3n) is 4.19. The number of carboxylic acid groups (broad SMARTS) is 1. The molecule has 0 bridgehead atoms. The van der Waals surface area contributed by atoms with E-state index in [9.17, 15) is 19.5 Å². The number of fused-ring (bicyclic) bond motifs is 1. The lowest BCUT2D eigenvalue weighted by Crippen LogP contribution is -2.70. The average molecular weight is 474 g/mol. The molecule has 13 heteroatoms. The van der Waals surface area contributed by atoms with Crippen molar-refractivity contribution in [2.45, 2.75) is 42.6 Å². The summed E-state index contributed by atoms with van der Waals surface area (Å²) in [6, 6.07) is -0.476. The number of β-lactam (4-membered cyclic amide) rings is 1. The van der Waals surface area contributed by atoms with Crippen molar-refractivity contribution in [3.8, 4) is 0 Å². The van der Waals surface area contributed by atoms with Crippen molar-refractivity contribution in [3.63, 3.8) is 0 Å². The second kappa shape index (κ2) is 9.41. The maximum Gasteiger partial charge on any atom is 0.352 e. The number of thioether (sulfide) groups is 2. The van der Waals surface area contributed by atoms with Crippen molar-refractivity contribution in [2.75, 3.05) is 11.5 Å². The molecular formula is C16H19N5O4S4. The third kappa shape index (κ3) is 4.90. The van der Waals surface area contributed by atoms with Crippen LogP contribution in [0.4, 0.5) is 0 Å². The van der Waals surface area contributed by atoms with Gasteiger partial charge in [0.05, 0.1) is 11.5 Å². The molecule has 3 N–H and O–H groups in total. The van der Waals surface area contributed by atoms with E-state index in [4.69, 9.17) is 12.2 Å². The summed E-state index contributed by atoms with van der Waals surface area (Å²) in [6.45, 7) is 3.64. The van der Waals surface area contributed by atoms with Crippen molar-refractivity contribution < 1.29 is 19.5 Å². The third-order valence-corrected chi connectivity index (χ3v) is 8.08. The first-order valence-corrected chi connectivity index (χ1v) is 12.0. The molecule has 0 aromatic carbocycles. The Hall–Kier alpha value is -1.70. The molecule has 0 saturated carbocycles. The van der Waals surface area contributed by atoms with Crippen molar-refractivity contribution in [3.05, 3.63) is 16.3 Å². The predicted molar refractivity (Wildman–Crippen MR) is 116 cm³/mol. The van der Waals surface area contributed by atoms with E-state index >= 15 is 0 Å². The van der Waals surface area contributed by atoms with E-state index in [1.165, 1.54) is 46.7 Å². The van der Waals surface area contributed by atoms with E-state index in [1.54, 1.807) is 0 Å². The maximum absolute atomic E-state index is 12.5. The molecule has 2 atom stereocenters. The molecule has 0 spiro atoms. The van der Waals surface area contributed by atoms with Gasteiger partial charge in [-0.3, -0.25) is 14.5 Å². The van der Waals surface area contributed by atoms with Crippen molar-refractivity contribution in [1.82, 2.24) is 25.7 Å². The van der Waals surface area contributed by atoms with E-state index in [2.05, 4.69) is 20.8 Å². The van der Waals surface area contributed by atoms with Gasteiger partial charge in [-0.25, -0.2) is 4.79 Å². The van der Waals surface area contributed by atoms with Crippen molar-refractivity contribution >= 4 is 69.9 Å². The van der Waals surface area contributed by atoms with Crippen molar-refractivity contribution in [1.29, 1.82) is 0 Å². The Morgan fingerprint density at radius 2 is 2.17 bits per heavy atom. The van der Waals surface area contributed by atoms with Crippen LogP contribution in [0.3, 0.4) is 0 Å². The van der Waals surface area contributed by atoms with Gasteiger partial charge in [0.2, 0.25) is 5.91 Å². The number of aromatic nitrogens is 2. The lowest BCUT2D eigenvalue weighted by molar-refractivity contribution is -0.148. The molecule has 1 fully saturated rings. The van der Waals surface area contributed by atoms with Gasteiger partial charge in [-0.05, 0) is 12.0 Å². The van der Waals surface area contributed by atoms with E-state index < -0.39 is 12.0 Å². The number of carbonyl (C=O) groups excluding carboxylic acids is 2. The van der Waals surface area contributed by atoms with Crippen LogP contribution in [0.25, 0.3) is 0 Å². The van der Waals surface area contributed by atoms with Gasteiger partial charge in [0.1, 0.15) is 22.1 Å². The summed E-state index contributed by atoms with van der Waals surface area (Å²) in [4.78, 5) is 37.3. The van der Waals surface area contributed by atoms with E-state index in [0.29, 0.717) is 44.4 Å². The topological polar surface area (TPSA) is 125 Å². The highest BCUT2D eigenvalue weighted by atomic mass is 32.2. The zero-order valence-electron chi connectivity index (χ0n) is 15.6. The summed E-state index contributed by atoms with van der Waals surface area (Å²) < 4.78 is 0.678. The molecule has 3 heterocycles. The first kappa shape index (κ1) is 22.0. The maximum atomic E-state index is 12.5. The molecular weight excluding hydrogens is 454 g/mol. The molecule has 2 aliphatic rings. The normalized spacial score (nSPS) is 20.8. The number of carboxylic acids is 1. The van der Waals surface area contributed by atoms with Crippen LogP contribution in [0.15, 0.2) is 15.6 Å². The number of aliphatic carboxylic acids is 1. The van der Waals surface area contributed by atoms with Gasteiger partial charge in [0.15, 0.2) is 4.34 Å². The molecule has 0 aliphatic carbocycles. The van der Waals surface area contributed by atoms with E-state index in [-0.39, 0.29) is 22.9 Å². The van der Waals surface area contributed by atoms with E-state index in [1.807, 2.05) is 6.92 Å². The number of hydrogen-bond acceptors (Lipinski definition) is 9. The Bertz CT molecular complexity index is 886. The van der Waals surface area contributed by atoms with Crippen LogP contribution in [-0.4, -0.2) is 65.9 Å². The highest BCUT2D eigenvalue weighted by Gasteiger charge is 2.53.